The van der Waals surface area contributed by atoms with Gasteiger partial charge < -0.3 is 5.11 Å². The van der Waals surface area contributed by atoms with E-state index in [1.54, 1.807) is 30.3 Å². The first-order valence-corrected chi connectivity index (χ1v) is 8.82. The smallest absolute Gasteiger partial charge is 0.335 e. The number of unbranched alkanes of at least 4 members (excludes halogenated alkanes) is 1. The third-order valence-electron chi connectivity index (χ3n) is 3.45. The lowest BCUT2D eigenvalue weighted by Gasteiger charge is -2.24. The van der Waals surface area contributed by atoms with Gasteiger partial charge in [-0.25, -0.2) is 13.2 Å². The Hall–Kier alpha value is -2.34. The van der Waals surface area contributed by atoms with Gasteiger partial charge in [-0.2, -0.15) is 0 Å². The fourth-order valence-corrected chi connectivity index (χ4v) is 3.70. The van der Waals surface area contributed by atoms with Gasteiger partial charge in [0.1, 0.15) is 0 Å². The van der Waals surface area contributed by atoms with E-state index in [4.69, 9.17) is 5.11 Å². The van der Waals surface area contributed by atoms with E-state index >= 15 is 0 Å². The van der Waals surface area contributed by atoms with Crippen molar-refractivity contribution >= 4 is 21.7 Å². The van der Waals surface area contributed by atoms with Crippen LogP contribution in [-0.2, 0) is 10.0 Å². The SMILES string of the molecule is CCCCN(c1ccc(C(=O)O)cc1)S(=O)(=O)c1ccccc1. The van der Waals surface area contributed by atoms with Crippen LogP contribution < -0.4 is 4.31 Å². The molecule has 0 aliphatic rings. The van der Waals surface area contributed by atoms with Crippen LogP contribution in [0.2, 0.25) is 0 Å². The molecule has 23 heavy (non-hydrogen) atoms. The molecule has 2 rings (SSSR count). The largest absolute Gasteiger partial charge is 0.478 e. The Labute approximate surface area is 136 Å². The fourth-order valence-electron chi connectivity index (χ4n) is 2.18. The van der Waals surface area contributed by atoms with Gasteiger partial charge in [0.25, 0.3) is 10.0 Å². The molecule has 122 valence electrons. The van der Waals surface area contributed by atoms with Gasteiger partial charge in [-0.1, -0.05) is 31.5 Å². The molecule has 1 N–H and O–H groups in total. The maximum Gasteiger partial charge on any atom is 0.335 e. The van der Waals surface area contributed by atoms with Crippen LogP contribution in [-0.4, -0.2) is 26.0 Å². The van der Waals surface area contributed by atoms with E-state index in [0.717, 1.165) is 6.42 Å². The predicted molar refractivity (Wildman–Crippen MR) is 89.3 cm³/mol. The Balaban J connectivity index is 2.42. The van der Waals surface area contributed by atoms with Crippen LogP contribution in [0.4, 0.5) is 5.69 Å². The van der Waals surface area contributed by atoms with Crippen LogP contribution in [0.5, 0.6) is 0 Å². The van der Waals surface area contributed by atoms with E-state index in [1.807, 2.05) is 6.92 Å². The second kappa shape index (κ2) is 7.28. The summed E-state index contributed by atoms with van der Waals surface area (Å²) in [5.74, 6) is -1.04. The molecule has 0 bridgehead atoms. The Kier molecular flexibility index (Phi) is 5.39. The third kappa shape index (κ3) is 3.90. The summed E-state index contributed by atoms with van der Waals surface area (Å²) in [6, 6.07) is 14.1. The van der Waals surface area contributed by atoms with Crippen LogP contribution in [0.1, 0.15) is 30.1 Å². The minimum Gasteiger partial charge on any atom is -0.478 e. The Bertz CT molecular complexity index is 755. The Morgan fingerprint density at radius 2 is 1.65 bits per heavy atom. The van der Waals surface area contributed by atoms with E-state index in [-0.39, 0.29) is 10.5 Å². The van der Waals surface area contributed by atoms with E-state index in [0.29, 0.717) is 18.7 Å². The van der Waals surface area contributed by atoms with Gasteiger partial charge in [-0.3, -0.25) is 4.31 Å². The fraction of sp³-hybridized carbons (Fsp3) is 0.235. The molecule has 0 fully saturated rings. The Morgan fingerprint density at radius 3 is 2.17 bits per heavy atom. The molecular weight excluding hydrogens is 314 g/mol. The number of hydrogen-bond acceptors (Lipinski definition) is 3. The van der Waals surface area contributed by atoms with Crippen molar-refractivity contribution in [2.75, 3.05) is 10.8 Å². The normalized spacial score (nSPS) is 11.2. The minimum absolute atomic E-state index is 0.126. The number of carboxylic acids is 1. The lowest BCUT2D eigenvalue weighted by molar-refractivity contribution is 0.0697. The quantitative estimate of drug-likeness (QED) is 0.843. The molecule has 0 amide bonds. The summed E-state index contributed by atoms with van der Waals surface area (Å²) in [4.78, 5) is 11.2. The number of anilines is 1. The standard InChI is InChI=1S/C17H19NO4S/c1-2-3-13-18(15-11-9-14(10-12-15)17(19)20)23(21,22)16-7-5-4-6-8-16/h4-12H,2-3,13H2,1H3,(H,19,20). The highest BCUT2D eigenvalue weighted by Crippen LogP contribution is 2.24. The number of rotatable bonds is 7. The molecule has 0 spiro atoms. The van der Waals surface area contributed by atoms with Crippen molar-refractivity contribution < 1.29 is 18.3 Å². The topological polar surface area (TPSA) is 74.7 Å². The molecule has 5 nitrogen and oxygen atoms in total. The van der Waals surface area contributed by atoms with E-state index in [1.165, 1.54) is 28.6 Å². The third-order valence-corrected chi connectivity index (χ3v) is 5.29. The molecule has 0 aliphatic heterocycles. The van der Waals surface area contributed by atoms with Crippen molar-refractivity contribution in [3.05, 3.63) is 60.2 Å². The van der Waals surface area contributed by atoms with Gasteiger partial charge in [0.2, 0.25) is 0 Å². The first-order chi connectivity index (χ1) is 11.0. The molecule has 0 saturated carbocycles. The lowest BCUT2D eigenvalue weighted by atomic mass is 10.2. The highest BCUT2D eigenvalue weighted by Gasteiger charge is 2.24. The van der Waals surface area contributed by atoms with Crippen molar-refractivity contribution in [1.29, 1.82) is 0 Å². The monoisotopic (exact) mass is 333 g/mol. The van der Waals surface area contributed by atoms with Crippen molar-refractivity contribution in [3.63, 3.8) is 0 Å². The average Bonchev–Trinajstić information content (AvgIpc) is 2.56. The van der Waals surface area contributed by atoms with Crippen LogP contribution in [0.25, 0.3) is 0 Å². The van der Waals surface area contributed by atoms with Crippen LogP contribution in [0.3, 0.4) is 0 Å². The summed E-state index contributed by atoms with van der Waals surface area (Å²) in [5.41, 5.74) is 0.591. The average molecular weight is 333 g/mol. The summed E-state index contributed by atoms with van der Waals surface area (Å²) in [7, 11) is -3.67. The zero-order valence-corrected chi connectivity index (χ0v) is 13.7. The first-order valence-electron chi connectivity index (χ1n) is 7.38. The van der Waals surface area contributed by atoms with Gasteiger partial charge in [-0.05, 0) is 42.8 Å². The highest BCUT2D eigenvalue weighted by atomic mass is 32.2. The van der Waals surface area contributed by atoms with Gasteiger partial charge in [-0.15, -0.1) is 0 Å². The van der Waals surface area contributed by atoms with Crippen molar-refractivity contribution in [2.45, 2.75) is 24.7 Å². The highest BCUT2D eigenvalue weighted by molar-refractivity contribution is 7.92. The molecular formula is C17H19NO4S. The number of aromatic carboxylic acids is 1. The molecule has 0 aliphatic carbocycles. The van der Waals surface area contributed by atoms with Gasteiger partial charge in [0.05, 0.1) is 16.1 Å². The summed E-state index contributed by atoms with van der Waals surface area (Å²) in [6.45, 7) is 2.33. The molecule has 6 heteroatoms. The van der Waals surface area contributed by atoms with E-state index in [2.05, 4.69) is 0 Å². The molecule has 0 unspecified atom stereocenters. The number of hydrogen-bond donors (Lipinski definition) is 1. The number of sulfonamides is 1. The zero-order valence-electron chi connectivity index (χ0n) is 12.8. The van der Waals surface area contributed by atoms with Gasteiger partial charge >= 0.3 is 5.97 Å². The summed E-state index contributed by atoms with van der Waals surface area (Å²) < 4.78 is 27.1. The molecule has 0 saturated heterocycles. The zero-order chi connectivity index (χ0) is 16.9. The molecule has 2 aromatic rings. The predicted octanol–water partition coefficient (Wildman–Crippen LogP) is 3.38. The van der Waals surface area contributed by atoms with Crippen molar-refractivity contribution in [1.82, 2.24) is 0 Å². The van der Waals surface area contributed by atoms with Gasteiger partial charge in [0, 0.05) is 6.54 Å². The summed E-state index contributed by atoms with van der Waals surface area (Å²) in [5, 5.41) is 8.96. The van der Waals surface area contributed by atoms with Crippen LogP contribution in [0, 0.1) is 0 Å². The molecule has 0 radical (unpaired) electrons. The van der Waals surface area contributed by atoms with E-state index in [9.17, 15) is 13.2 Å². The second-order valence-corrected chi connectivity index (χ2v) is 6.96. The second-order valence-electron chi connectivity index (χ2n) is 5.10. The number of nitrogens with zero attached hydrogens (tertiary/aromatic N) is 1. The van der Waals surface area contributed by atoms with Crippen LogP contribution >= 0.6 is 0 Å². The Morgan fingerprint density at radius 1 is 1.04 bits per heavy atom. The van der Waals surface area contributed by atoms with Crippen molar-refractivity contribution in [2.24, 2.45) is 0 Å². The molecule has 0 heterocycles. The minimum atomic E-state index is -3.67. The van der Waals surface area contributed by atoms with Gasteiger partial charge in [0.15, 0.2) is 0 Å². The summed E-state index contributed by atoms with van der Waals surface area (Å²) in [6.07, 6.45) is 1.57. The first kappa shape index (κ1) is 17.0. The van der Waals surface area contributed by atoms with E-state index < -0.39 is 16.0 Å². The maximum absolute atomic E-state index is 12.9. The number of benzene rings is 2. The lowest BCUT2D eigenvalue weighted by Crippen LogP contribution is -2.32. The van der Waals surface area contributed by atoms with Crippen LogP contribution in [0.15, 0.2) is 59.5 Å². The maximum atomic E-state index is 12.9. The molecule has 0 aromatic heterocycles. The number of carboxylic acid groups (broad SMARTS) is 1. The van der Waals surface area contributed by atoms with Crippen molar-refractivity contribution in [3.8, 4) is 0 Å². The molecule has 0 atom stereocenters. The summed E-state index contributed by atoms with van der Waals surface area (Å²) >= 11 is 0. The molecule has 2 aromatic carbocycles. The number of carbonyl (C=O) groups is 1.